The molecular formula is C14H16N4OS. The highest BCUT2D eigenvalue weighted by Crippen LogP contribution is 2.27. The van der Waals surface area contributed by atoms with E-state index in [1.165, 1.54) is 0 Å². The van der Waals surface area contributed by atoms with E-state index in [-0.39, 0.29) is 11.6 Å². The average molecular weight is 288 g/mol. The number of hydrogen-bond acceptors (Lipinski definition) is 6. The molecule has 2 aromatic rings. The van der Waals surface area contributed by atoms with E-state index in [9.17, 15) is 0 Å². The van der Waals surface area contributed by atoms with Gasteiger partial charge < -0.3 is 4.42 Å². The molecule has 0 aliphatic heterocycles. The molecule has 6 heteroatoms. The van der Waals surface area contributed by atoms with E-state index < -0.39 is 0 Å². The van der Waals surface area contributed by atoms with Crippen LogP contribution in [0.2, 0.25) is 0 Å². The summed E-state index contributed by atoms with van der Waals surface area (Å²) in [6, 6.07) is 5.93. The first kappa shape index (κ1) is 14.3. The zero-order valence-corrected chi connectivity index (χ0v) is 12.3. The summed E-state index contributed by atoms with van der Waals surface area (Å²) in [4.78, 5) is 5.25. The van der Waals surface area contributed by atoms with Crippen molar-refractivity contribution in [1.29, 1.82) is 5.26 Å². The number of thiophene rings is 1. The van der Waals surface area contributed by atoms with Gasteiger partial charge in [0.25, 0.3) is 5.88 Å². The molecule has 0 radical (unpaired) electrons. The van der Waals surface area contributed by atoms with E-state index >= 15 is 0 Å². The van der Waals surface area contributed by atoms with Crippen LogP contribution in [-0.4, -0.2) is 11.2 Å². The van der Waals surface area contributed by atoms with Gasteiger partial charge in [0.1, 0.15) is 6.07 Å². The number of aromatic nitrogens is 1. The Labute approximate surface area is 122 Å². The Morgan fingerprint density at radius 3 is 2.95 bits per heavy atom. The molecule has 1 N–H and O–H groups in total. The summed E-state index contributed by atoms with van der Waals surface area (Å²) >= 11 is 1.58. The monoisotopic (exact) mass is 288 g/mol. The number of nitrogens with zero attached hydrogens (tertiary/aromatic N) is 3. The van der Waals surface area contributed by atoms with Gasteiger partial charge in [-0.15, -0.1) is 11.3 Å². The lowest BCUT2D eigenvalue weighted by Gasteiger charge is -2.05. The van der Waals surface area contributed by atoms with Gasteiger partial charge in [0, 0.05) is 10.8 Å². The second-order valence-corrected chi connectivity index (χ2v) is 5.22. The van der Waals surface area contributed by atoms with Crippen molar-refractivity contribution >= 4 is 23.4 Å². The molecule has 0 bridgehead atoms. The maximum absolute atomic E-state index is 9.08. The van der Waals surface area contributed by atoms with E-state index in [0.29, 0.717) is 11.8 Å². The summed E-state index contributed by atoms with van der Waals surface area (Å²) in [6.07, 6.45) is 3.55. The minimum absolute atomic E-state index is 0.235. The van der Waals surface area contributed by atoms with Crippen LogP contribution in [0.5, 0.6) is 0 Å². The van der Waals surface area contributed by atoms with Gasteiger partial charge >= 0.3 is 0 Å². The van der Waals surface area contributed by atoms with Crippen molar-refractivity contribution in [3.05, 3.63) is 34.0 Å². The van der Waals surface area contributed by atoms with Gasteiger partial charge in [0.2, 0.25) is 11.6 Å². The van der Waals surface area contributed by atoms with Gasteiger partial charge in [-0.25, -0.2) is 10.4 Å². The van der Waals surface area contributed by atoms with E-state index in [4.69, 9.17) is 9.68 Å². The lowest BCUT2D eigenvalue weighted by molar-refractivity contribution is 0.439. The molecule has 20 heavy (non-hydrogen) atoms. The molecule has 0 aromatic carbocycles. The lowest BCUT2D eigenvalue weighted by Crippen LogP contribution is -1.95. The van der Waals surface area contributed by atoms with Crippen LogP contribution in [0.15, 0.2) is 27.0 Å². The topological polar surface area (TPSA) is 74.2 Å². The molecule has 2 rings (SSSR count). The molecule has 0 amide bonds. The van der Waals surface area contributed by atoms with Gasteiger partial charge in [-0.05, 0) is 24.3 Å². The first-order valence-corrected chi connectivity index (χ1v) is 7.39. The third-order valence-corrected chi connectivity index (χ3v) is 3.79. The fraction of sp³-hybridized carbons (Fsp3) is 0.357. The van der Waals surface area contributed by atoms with Crippen molar-refractivity contribution in [2.75, 3.05) is 5.43 Å². The highest BCUT2D eigenvalue weighted by molar-refractivity contribution is 7.11. The number of anilines is 1. The van der Waals surface area contributed by atoms with E-state index in [1.807, 2.05) is 23.6 Å². The van der Waals surface area contributed by atoms with Crippen LogP contribution in [0.1, 0.15) is 49.1 Å². The van der Waals surface area contributed by atoms with Crippen LogP contribution in [0.4, 0.5) is 5.88 Å². The van der Waals surface area contributed by atoms with Gasteiger partial charge in [0.05, 0.1) is 6.21 Å². The maximum atomic E-state index is 9.08. The molecule has 0 saturated carbocycles. The predicted molar refractivity (Wildman–Crippen MR) is 80.1 cm³/mol. The summed E-state index contributed by atoms with van der Waals surface area (Å²) in [7, 11) is 0. The highest BCUT2D eigenvalue weighted by Gasteiger charge is 2.18. The number of nitriles is 1. The highest BCUT2D eigenvalue weighted by atomic mass is 32.1. The molecule has 0 aliphatic rings. The predicted octanol–water partition coefficient (Wildman–Crippen LogP) is 3.96. The fourth-order valence-corrected chi connectivity index (χ4v) is 2.40. The van der Waals surface area contributed by atoms with Crippen molar-refractivity contribution in [3.63, 3.8) is 0 Å². The maximum Gasteiger partial charge on any atom is 0.252 e. The van der Waals surface area contributed by atoms with E-state index in [2.05, 4.69) is 29.4 Å². The van der Waals surface area contributed by atoms with Gasteiger partial charge in [0.15, 0.2) is 0 Å². The van der Waals surface area contributed by atoms with E-state index in [1.54, 1.807) is 17.6 Å². The Morgan fingerprint density at radius 1 is 1.55 bits per heavy atom. The number of hydrogen-bond donors (Lipinski definition) is 1. The zero-order valence-electron chi connectivity index (χ0n) is 11.5. The second kappa shape index (κ2) is 6.87. The van der Waals surface area contributed by atoms with Crippen LogP contribution in [0, 0.1) is 11.3 Å². The number of rotatable bonds is 6. The molecule has 2 aromatic heterocycles. The standard InChI is InChI=1S/C14H16N4OS/c1-3-10(4-2)13-17-12(8-15)14(19-13)18-16-9-11-6-5-7-20-11/h5-7,9-10,18H,3-4H2,1-2H3/b16-9+. The first-order chi connectivity index (χ1) is 9.78. The van der Waals surface area contributed by atoms with E-state index in [0.717, 1.165) is 17.7 Å². The first-order valence-electron chi connectivity index (χ1n) is 6.51. The van der Waals surface area contributed by atoms with Crippen molar-refractivity contribution < 1.29 is 4.42 Å². The van der Waals surface area contributed by atoms with Crippen LogP contribution in [-0.2, 0) is 0 Å². The minimum atomic E-state index is 0.235. The Bertz CT molecular complexity index is 606. The zero-order chi connectivity index (χ0) is 14.4. The van der Waals surface area contributed by atoms with Crippen molar-refractivity contribution in [1.82, 2.24) is 4.98 Å². The molecule has 0 aliphatic carbocycles. The molecule has 0 atom stereocenters. The van der Waals surface area contributed by atoms with Crippen LogP contribution in [0.3, 0.4) is 0 Å². The Morgan fingerprint density at radius 2 is 2.35 bits per heavy atom. The summed E-state index contributed by atoms with van der Waals surface area (Å²) in [5.41, 5.74) is 3.00. The summed E-state index contributed by atoms with van der Waals surface area (Å²) in [6.45, 7) is 4.15. The fourth-order valence-electron chi connectivity index (χ4n) is 1.82. The molecule has 0 unspecified atom stereocenters. The second-order valence-electron chi connectivity index (χ2n) is 4.24. The van der Waals surface area contributed by atoms with Gasteiger partial charge in [-0.3, -0.25) is 0 Å². The van der Waals surface area contributed by atoms with Gasteiger partial charge in [-0.2, -0.15) is 10.4 Å². The SMILES string of the molecule is CCC(CC)c1nc(C#N)c(N/N=C/c2cccs2)o1. The third kappa shape index (κ3) is 3.25. The lowest BCUT2D eigenvalue weighted by atomic mass is 10.0. The molecule has 0 fully saturated rings. The smallest absolute Gasteiger partial charge is 0.252 e. The van der Waals surface area contributed by atoms with Gasteiger partial charge in [-0.1, -0.05) is 19.9 Å². The number of hydrazone groups is 1. The van der Waals surface area contributed by atoms with Crippen molar-refractivity contribution in [2.45, 2.75) is 32.6 Å². The summed E-state index contributed by atoms with van der Waals surface area (Å²) in [5, 5.41) is 15.1. The van der Waals surface area contributed by atoms with Crippen molar-refractivity contribution in [3.8, 4) is 6.07 Å². The Kier molecular flexibility index (Phi) is 4.91. The minimum Gasteiger partial charge on any atom is -0.422 e. The molecule has 104 valence electrons. The van der Waals surface area contributed by atoms with Crippen LogP contribution in [0.25, 0.3) is 0 Å². The molecule has 2 heterocycles. The number of oxazole rings is 1. The normalized spacial score (nSPS) is 11.1. The molecule has 0 spiro atoms. The third-order valence-electron chi connectivity index (χ3n) is 2.99. The average Bonchev–Trinajstić information content (AvgIpc) is 3.10. The van der Waals surface area contributed by atoms with Crippen molar-refractivity contribution in [2.24, 2.45) is 5.10 Å². The largest absolute Gasteiger partial charge is 0.422 e. The molecular weight excluding hydrogens is 272 g/mol. The van der Waals surface area contributed by atoms with Crippen LogP contribution < -0.4 is 5.43 Å². The molecule has 0 saturated heterocycles. The summed E-state index contributed by atoms with van der Waals surface area (Å²) < 4.78 is 5.61. The number of nitrogens with one attached hydrogen (secondary N) is 1. The Hall–Kier alpha value is -2.13. The van der Waals surface area contributed by atoms with Crippen LogP contribution >= 0.6 is 11.3 Å². The molecule has 5 nitrogen and oxygen atoms in total. The quantitative estimate of drug-likeness (QED) is 0.645. The summed E-state index contributed by atoms with van der Waals surface area (Å²) in [5.74, 6) is 1.14. The Balaban J connectivity index is 2.13.